The molecule has 2 aliphatic rings. The van der Waals surface area contributed by atoms with E-state index >= 15 is 0 Å². The lowest BCUT2D eigenvalue weighted by Crippen LogP contribution is -2.53. The minimum absolute atomic E-state index is 0.0918. The number of anilines is 1. The van der Waals surface area contributed by atoms with Gasteiger partial charge in [0.15, 0.2) is 0 Å². The average molecular weight is 368 g/mol. The van der Waals surface area contributed by atoms with Crippen LogP contribution in [0.1, 0.15) is 36.8 Å². The van der Waals surface area contributed by atoms with Crippen molar-refractivity contribution in [3.8, 4) is 0 Å². The van der Waals surface area contributed by atoms with Gasteiger partial charge in [0.05, 0.1) is 32.4 Å². The summed E-state index contributed by atoms with van der Waals surface area (Å²) in [7, 11) is 4.73. The van der Waals surface area contributed by atoms with Gasteiger partial charge in [-0.25, -0.2) is 4.39 Å². The van der Waals surface area contributed by atoms with E-state index in [1.807, 2.05) is 12.1 Å². The predicted molar refractivity (Wildman–Crippen MR) is 111 cm³/mol. The van der Waals surface area contributed by atoms with Gasteiger partial charge in [0.25, 0.3) is 0 Å². The molecule has 0 aromatic heterocycles. The number of para-hydroxylation sites is 1. The number of quaternary nitrogens is 1. The maximum Gasteiger partial charge on any atom is 0.146 e. The molecule has 0 N–H and O–H groups in total. The molecule has 0 radical (unpaired) electrons. The first-order valence-corrected chi connectivity index (χ1v) is 10.5. The second-order valence-electron chi connectivity index (χ2n) is 8.92. The molecule has 1 aliphatic carbocycles. The Kier molecular flexibility index (Phi) is 5.23. The molecular formula is C24H32FN2+. The summed E-state index contributed by atoms with van der Waals surface area (Å²) in [4.78, 5) is 2.37. The number of rotatable bonds is 5. The Morgan fingerprint density at radius 3 is 2.30 bits per heavy atom. The fraction of sp³-hybridized carbons (Fsp3) is 0.500. The largest absolute Gasteiger partial charge is 0.365 e. The third-order valence-corrected chi connectivity index (χ3v) is 6.85. The van der Waals surface area contributed by atoms with Crippen LogP contribution in [0.25, 0.3) is 0 Å². The van der Waals surface area contributed by atoms with Crippen LogP contribution in [0, 0.1) is 5.82 Å². The minimum Gasteiger partial charge on any atom is -0.365 e. The molecule has 1 heterocycles. The van der Waals surface area contributed by atoms with Crippen molar-refractivity contribution in [1.29, 1.82) is 0 Å². The summed E-state index contributed by atoms with van der Waals surface area (Å²) in [5.41, 5.74) is 3.63. The van der Waals surface area contributed by atoms with Crippen LogP contribution in [0.3, 0.4) is 0 Å². The molecule has 0 bridgehead atoms. The van der Waals surface area contributed by atoms with Gasteiger partial charge in [-0.3, -0.25) is 0 Å². The molecule has 1 atom stereocenters. The molecule has 4 rings (SSSR count). The van der Waals surface area contributed by atoms with E-state index in [1.54, 1.807) is 12.1 Å². The molecule has 1 saturated heterocycles. The third kappa shape index (κ3) is 3.89. The zero-order chi connectivity index (χ0) is 18.9. The van der Waals surface area contributed by atoms with Crippen LogP contribution in [-0.4, -0.2) is 43.8 Å². The highest BCUT2D eigenvalue weighted by Crippen LogP contribution is 2.32. The van der Waals surface area contributed by atoms with Gasteiger partial charge in [-0.2, -0.15) is 0 Å². The van der Waals surface area contributed by atoms with E-state index in [0.29, 0.717) is 12.1 Å². The van der Waals surface area contributed by atoms with Gasteiger partial charge in [0.2, 0.25) is 0 Å². The van der Waals surface area contributed by atoms with Crippen molar-refractivity contribution in [3.05, 3.63) is 65.5 Å². The Bertz CT molecular complexity index is 760. The summed E-state index contributed by atoms with van der Waals surface area (Å²) in [6.45, 7) is 2.20. The first kappa shape index (κ1) is 18.5. The van der Waals surface area contributed by atoms with Gasteiger partial charge in [0, 0.05) is 19.0 Å². The second-order valence-corrected chi connectivity index (χ2v) is 8.92. The van der Waals surface area contributed by atoms with Crippen molar-refractivity contribution in [2.75, 3.05) is 32.1 Å². The normalized spacial score (nSPS) is 21.8. The quantitative estimate of drug-likeness (QED) is 0.685. The number of hydrogen-bond donors (Lipinski definition) is 0. The number of halogens is 1. The third-order valence-electron chi connectivity index (χ3n) is 6.85. The van der Waals surface area contributed by atoms with Crippen molar-refractivity contribution in [3.63, 3.8) is 0 Å². The van der Waals surface area contributed by atoms with E-state index < -0.39 is 0 Å². The van der Waals surface area contributed by atoms with Gasteiger partial charge in [-0.15, -0.1) is 0 Å². The summed E-state index contributed by atoms with van der Waals surface area (Å²) in [6.07, 6.45) is 7.14. The van der Waals surface area contributed by atoms with Crippen LogP contribution in [0.2, 0.25) is 0 Å². The van der Waals surface area contributed by atoms with Crippen molar-refractivity contribution < 1.29 is 8.87 Å². The molecule has 27 heavy (non-hydrogen) atoms. The van der Waals surface area contributed by atoms with Crippen molar-refractivity contribution in [2.24, 2.45) is 0 Å². The van der Waals surface area contributed by atoms with Crippen LogP contribution in [0.15, 0.2) is 48.5 Å². The van der Waals surface area contributed by atoms with Gasteiger partial charge in [-0.1, -0.05) is 36.4 Å². The minimum atomic E-state index is -0.0918. The fourth-order valence-corrected chi connectivity index (χ4v) is 5.15. The van der Waals surface area contributed by atoms with E-state index in [4.69, 9.17) is 0 Å². The van der Waals surface area contributed by atoms with Crippen molar-refractivity contribution in [2.45, 2.75) is 50.6 Å². The molecule has 144 valence electrons. The van der Waals surface area contributed by atoms with Crippen molar-refractivity contribution in [1.82, 2.24) is 0 Å². The molecule has 2 aromatic carbocycles. The molecule has 0 saturated carbocycles. The zero-order valence-electron chi connectivity index (χ0n) is 16.7. The van der Waals surface area contributed by atoms with Gasteiger partial charge in [-0.05, 0) is 55.4 Å². The predicted octanol–water partition coefficient (Wildman–Crippen LogP) is 4.82. The monoisotopic (exact) mass is 367 g/mol. The molecule has 0 spiro atoms. The Balaban J connectivity index is 1.55. The lowest BCUT2D eigenvalue weighted by Gasteiger charge is -2.43. The number of piperidine rings is 1. The van der Waals surface area contributed by atoms with E-state index in [2.05, 4.69) is 43.3 Å². The van der Waals surface area contributed by atoms with Gasteiger partial charge >= 0.3 is 0 Å². The highest BCUT2D eigenvalue weighted by Gasteiger charge is 2.34. The number of nitrogens with zero attached hydrogens (tertiary/aromatic N) is 2. The van der Waals surface area contributed by atoms with E-state index in [9.17, 15) is 4.39 Å². The van der Waals surface area contributed by atoms with Gasteiger partial charge < -0.3 is 9.38 Å². The summed E-state index contributed by atoms with van der Waals surface area (Å²) in [5, 5.41) is 0. The van der Waals surface area contributed by atoms with Crippen molar-refractivity contribution >= 4 is 5.69 Å². The molecule has 1 aliphatic heterocycles. The number of hydrogen-bond acceptors (Lipinski definition) is 1. The summed E-state index contributed by atoms with van der Waals surface area (Å²) in [6, 6.07) is 17.1. The lowest BCUT2D eigenvalue weighted by molar-refractivity contribution is -0.920. The van der Waals surface area contributed by atoms with E-state index in [0.717, 1.165) is 36.0 Å². The molecular weight excluding hydrogens is 335 g/mol. The maximum atomic E-state index is 14.7. The molecule has 0 amide bonds. The van der Waals surface area contributed by atoms with Crippen LogP contribution < -0.4 is 4.90 Å². The highest BCUT2D eigenvalue weighted by molar-refractivity contribution is 5.51. The lowest BCUT2D eigenvalue weighted by atomic mass is 9.96. The zero-order valence-corrected chi connectivity index (χ0v) is 16.7. The van der Waals surface area contributed by atoms with Gasteiger partial charge in [0.1, 0.15) is 5.82 Å². The topological polar surface area (TPSA) is 3.24 Å². The van der Waals surface area contributed by atoms with Crippen LogP contribution in [0.5, 0.6) is 0 Å². The van der Waals surface area contributed by atoms with Crippen LogP contribution in [0.4, 0.5) is 10.1 Å². The molecule has 3 heteroatoms. The summed E-state index contributed by atoms with van der Waals surface area (Å²) >= 11 is 0. The standard InChI is InChI=1S/C24H32FN2/c1-27(2)16-8-7-11-22(27)14-15-26(24-13-6-5-12-23(24)25)21-17-19-9-3-4-10-20(19)18-21/h3-6,9-10,12-13,21-22H,7-8,11,14-18H2,1-2H3/q+1. The van der Waals surface area contributed by atoms with Crippen LogP contribution in [-0.2, 0) is 12.8 Å². The van der Waals surface area contributed by atoms with E-state index in [-0.39, 0.29) is 5.82 Å². The molecule has 1 unspecified atom stereocenters. The average Bonchev–Trinajstić information content (AvgIpc) is 3.08. The summed E-state index contributed by atoms with van der Waals surface area (Å²) < 4.78 is 15.8. The highest BCUT2D eigenvalue weighted by atomic mass is 19.1. The van der Waals surface area contributed by atoms with Crippen LogP contribution >= 0.6 is 0 Å². The Morgan fingerprint density at radius 2 is 1.63 bits per heavy atom. The Hall–Kier alpha value is -1.87. The first-order valence-electron chi connectivity index (χ1n) is 10.5. The van der Waals surface area contributed by atoms with E-state index in [1.165, 1.54) is 36.9 Å². The molecule has 1 fully saturated rings. The SMILES string of the molecule is C[N+]1(C)CCCCC1CCN(c1ccccc1F)C1Cc2ccccc2C1. The number of likely N-dealkylation sites (tertiary alicyclic amines) is 1. The molecule has 2 nitrogen and oxygen atoms in total. The fourth-order valence-electron chi connectivity index (χ4n) is 5.15. The number of benzene rings is 2. The Labute approximate surface area is 163 Å². The Morgan fingerprint density at radius 1 is 0.963 bits per heavy atom. The summed E-state index contributed by atoms with van der Waals surface area (Å²) in [5.74, 6) is -0.0918. The first-order chi connectivity index (χ1) is 13.0. The maximum absolute atomic E-state index is 14.7. The number of fused-ring (bicyclic) bond motifs is 1. The molecule has 2 aromatic rings. The second kappa shape index (κ2) is 7.63. The smallest absolute Gasteiger partial charge is 0.146 e.